The van der Waals surface area contributed by atoms with Crippen LogP contribution in [0.3, 0.4) is 0 Å². The van der Waals surface area contributed by atoms with E-state index in [-0.39, 0.29) is 5.75 Å². The molecule has 3 N–H and O–H groups in total. The molecule has 0 saturated carbocycles. The number of aromatic hydroxyl groups is 1. The van der Waals surface area contributed by atoms with Gasteiger partial charge < -0.3 is 10.8 Å². The van der Waals surface area contributed by atoms with Crippen molar-refractivity contribution in [1.82, 2.24) is 24.1 Å². The highest BCUT2D eigenvalue weighted by Crippen LogP contribution is 2.22. The Hall–Kier alpha value is -3.00. The molecular weight excluding hydrogens is 312 g/mol. The zero-order valence-electron chi connectivity index (χ0n) is 11.9. The summed E-state index contributed by atoms with van der Waals surface area (Å²) in [5, 5.41) is 16.5. The number of fused-ring (bicyclic) bond motifs is 1. The summed E-state index contributed by atoms with van der Waals surface area (Å²) < 4.78 is 5.95. The molecule has 0 amide bonds. The van der Waals surface area contributed by atoms with Crippen molar-refractivity contribution in [2.75, 3.05) is 5.73 Å². The normalized spacial score (nSPS) is 11.1. The fourth-order valence-electron chi connectivity index (χ4n) is 2.34. The molecule has 0 spiro atoms. The summed E-state index contributed by atoms with van der Waals surface area (Å²) in [5.41, 5.74) is 8.17. The number of phenolic OH excluding ortho intramolecular Hbond substituents is 1. The van der Waals surface area contributed by atoms with Crippen molar-refractivity contribution in [2.45, 2.75) is 6.54 Å². The van der Waals surface area contributed by atoms with Gasteiger partial charge in [-0.3, -0.25) is 4.68 Å². The number of nitrogens with two attached hydrogens (primary N) is 1. The monoisotopic (exact) mass is 324 g/mol. The van der Waals surface area contributed by atoms with Gasteiger partial charge in [-0.25, -0.2) is 9.97 Å². The fourth-order valence-corrected chi connectivity index (χ4v) is 2.85. The Labute approximate surface area is 135 Å². The van der Waals surface area contributed by atoms with E-state index in [0.717, 1.165) is 5.56 Å². The molecule has 23 heavy (non-hydrogen) atoms. The van der Waals surface area contributed by atoms with Crippen molar-refractivity contribution in [1.29, 1.82) is 0 Å². The summed E-state index contributed by atoms with van der Waals surface area (Å²) in [6.45, 7) is 0.510. The van der Waals surface area contributed by atoms with Crippen LogP contribution in [-0.2, 0) is 6.54 Å². The Kier molecular flexibility index (Phi) is 3.16. The summed E-state index contributed by atoms with van der Waals surface area (Å²) in [7, 11) is 0. The van der Waals surface area contributed by atoms with Crippen LogP contribution in [0.25, 0.3) is 22.6 Å². The second-order valence-electron chi connectivity index (χ2n) is 5.05. The van der Waals surface area contributed by atoms with Gasteiger partial charge in [0.05, 0.1) is 11.9 Å². The molecule has 0 radical (unpaired) electrons. The lowest BCUT2D eigenvalue weighted by Gasteiger charge is -2.01. The Morgan fingerprint density at radius 1 is 1.22 bits per heavy atom. The molecule has 0 aliphatic rings. The van der Waals surface area contributed by atoms with Crippen LogP contribution in [0.1, 0.15) is 5.56 Å². The smallest absolute Gasteiger partial charge is 0.187 e. The SMILES string of the molecule is Nc1nc(-c2ccsn2)nc2nn(Cc3cccc(O)c3)cc12. The van der Waals surface area contributed by atoms with E-state index in [1.165, 1.54) is 11.5 Å². The summed E-state index contributed by atoms with van der Waals surface area (Å²) in [5.74, 6) is 1.07. The summed E-state index contributed by atoms with van der Waals surface area (Å²) in [6.07, 6.45) is 1.81. The standard InChI is InChI=1S/C15H12N6OS/c16-13-11-8-21(7-9-2-1-3-10(22)6-9)19-14(11)18-15(17-13)12-4-5-23-20-12/h1-6,8,22H,7H2,(H2,16,17,18,19). The van der Waals surface area contributed by atoms with E-state index in [1.807, 2.05) is 17.5 Å². The fraction of sp³-hybridized carbons (Fsp3) is 0.0667. The first kappa shape index (κ1) is 13.6. The molecule has 4 rings (SSSR count). The molecule has 3 heterocycles. The maximum atomic E-state index is 9.54. The molecular formula is C15H12N6OS. The van der Waals surface area contributed by atoms with Gasteiger partial charge in [0.2, 0.25) is 0 Å². The summed E-state index contributed by atoms with van der Waals surface area (Å²) in [6, 6.07) is 8.88. The average Bonchev–Trinajstić information content (AvgIpc) is 3.16. The number of anilines is 1. The van der Waals surface area contributed by atoms with E-state index in [2.05, 4.69) is 19.4 Å². The highest BCUT2D eigenvalue weighted by atomic mass is 32.1. The van der Waals surface area contributed by atoms with Crippen LogP contribution in [0.15, 0.2) is 41.9 Å². The number of rotatable bonds is 3. The van der Waals surface area contributed by atoms with Crippen LogP contribution in [0.5, 0.6) is 5.75 Å². The van der Waals surface area contributed by atoms with Gasteiger partial charge in [-0.05, 0) is 35.3 Å². The van der Waals surface area contributed by atoms with Crippen molar-refractivity contribution in [3.63, 3.8) is 0 Å². The van der Waals surface area contributed by atoms with Crippen LogP contribution in [-0.4, -0.2) is 29.2 Å². The molecule has 0 bridgehead atoms. The maximum absolute atomic E-state index is 9.54. The first-order valence-electron chi connectivity index (χ1n) is 6.88. The summed E-state index contributed by atoms with van der Waals surface area (Å²) in [4.78, 5) is 8.73. The van der Waals surface area contributed by atoms with E-state index in [1.54, 1.807) is 29.1 Å². The minimum Gasteiger partial charge on any atom is -0.508 e. The molecule has 0 aliphatic heterocycles. The van der Waals surface area contributed by atoms with Crippen LogP contribution in [0, 0.1) is 0 Å². The van der Waals surface area contributed by atoms with Crippen molar-refractivity contribution < 1.29 is 5.11 Å². The third-order valence-electron chi connectivity index (χ3n) is 3.38. The highest BCUT2D eigenvalue weighted by Gasteiger charge is 2.12. The van der Waals surface area contributed by atoms with Crippen LogP contribution >= 0.6 is 11.5 Å². The van der Waals surface area contributed by atoms with E-state index in [9.17, 15) is 5.11 Å². The van der Waals surface area contributed by atoms with Crippen molar-refractivity contribution in [3.05, 3.63) is 47.5 Å². The van der Waals surface area contributed by atoms with Crippen molar-refractivity contribution in [3.8, 4) is 17.3 Å². The Balaban J connectivity index is 1.74. The zero-order chi connectivity index (χ0) is 15.8. The third kappa shape index (κ3) is 2.59. The minimum absolute atomic E-state index is 0.226. The third-order valence-corrected chi connectivity index (χ3v) is 3.94. The van der Waals surface area contributed by atoms with Gasteiger partial charge in [0.25, 0.3) is 0 Å². The quantitative estimate of drug-likeness (QED) is 0.599. The second-order valence-corrected chi connectivity index (χ2v) is 5.72. The van der Waals surface area contributed by atoms with Gasteiger partial charge in [0.1, 0.15) is 17.3 Å². The van der Waals surface area contributed by atoms with Gasteiger partial charge in [0.15, 0.2) is 11.5 Å². The van der Waals surface area contributed by atoms with E-state index in [4.69, 9.17) is 5.73 Å². The number of aromatic nitrogens is 5. The van der Waals surface area contributed by atoms with E-state index in [0.29, 0.717) is 34.9 Å². The number of hydrogen-bond donors (Lipinski definition) is 2. The van der Waals surface area contributed by atoms with Crippen molar-refractivity contribution in [2.24, 2.45) is 0 Å². The van der Waals surface area contributed by atoms with Gasteiger partial charge in [-0.2, -0.15) is 9.47 Å². The number of benzene rings is 1. The number of nitrogens with zero attached hydrogens (tertiary/aromatic N) is 5. The zero-order valence-corrected chi connectivity index (χ0v) is 12.7. The van der Waals surface area contributed by atoms with Gasteiger partial charge in [-0.1, -0.05) is 12.1 Å². The molecule has 0 aliphatic carbocycles. The predicted octanol–water partition coefficient (Wildman–Crippen LogP) is 2.29. The van der Waals surface area contributed by atoms with Crippen molar-refractivity contribution >= 4 is 28.4 Å². The molecule has 0 fully saturated rings. The minimum atomic E-state index is 0.226. The Morgan fingerprint density at radius 2 is 2.13 bits per heavy atom. The van der Waals surface area contributed by atoms with E-state index >= 15 is 0 Å². The molecule has 0 saturated heterocycles. The molecule has 1 aromatic carbocycles. The summed E-state index contributed by atoms with van der Waals surface area (Å²) >= 11 is 1.33. The first-order valence-corrected chi connectivity index (χ1v) is 7.72. The molecule has 4 aromatic rings. The lowest BCUT2D eigenvalue weighted by Crippen LogP contribution is -1.99. The lowest BCUT2D eigenvalue weighted by atomic mass is 10.2. The lowest BCUT2D eigenvalue weighted by molar-refractivity contribution is 0.474. The number of phenols is 1. The Bertz CT molecular complexity index is 979. The van der Waals surface area contributed by atoms with Crippen LogP contribution < -0.4 is 5.73 Å². The number of nitrogen functional groups attached to an aromatic ring is 1. The molecule has 0 atom stereocenters. The Morgan fingerprint density at radius 3 is 2.91 bits per heavy atom. The first-order chi connectivity index (χ1) is 11.2. The highest BCUT2D eigenvalue weighted by molar-refractivity contribution is 7.03. The molecule has 0 unspecified atom stereocenters. The second kappa shape index (κ2) is 5.33. The van der Waals surface area contributed by atoms with E-state index < -0.39 is 0 Å². The topological polar surface area (TPSA) is 103 Å². The average molecular weight is 324 g/mol. The van der Waals surface area contributed by atoms with Crippen LogP contribution in [0.2, 0.25) is 0 Å². The van der Waals surface area contributed by atoms with Gasteiger partial charge in [0, 0.05) is 11.6 Å². The molecule has 7 nitrogen and oxygen atoms in total. The van der Waals surface area contributed by atoms with Gasteiger partial charge >= 0.3 is 0 Å². The number of hydrogen-bond acceptors (Lipinski definition) is 7. The molecule has 114 valence electrons. The van der Waals surface area contributed by atoms with Crippen LogP contribution in [0.4, 0.5) is 5.82 Å². The maximum Gasteiger partial charge on any atom is 0.187 e. The molecule has 8 heteroatoms. The predicted molar refractivity (Wildman–Crippen MR) is 88.1 cm³/mol. The molecule has 3 aromatic heterocycles. The largest absolute Gasteiger partial charge is 0.508 e. The van der Waals surface area contributed by atoms with Gasteiger partial charge in [-0.15, -0.1) is 0 Å².